The monoisotopic (exact) mass is 577 g/mol. The van der Waals surface area contributed by atoms with Crippen LogP contribution in [0.5, 0.6) is 0 Å². The van der Waals surface area contributed by atoms with E-state index in [4.69, 9.17) is 8.83 Å². The van der Waals surface area contributed by atoms with Crippen molar-refractivity contribution < 1.29 is 8.83 Å². The number of hydrogen-bond acceptors (Lipinski definition) is 3. The van der Waals surface area contributed by atoms with Crippen molar-refractivity contribution in [2.45, 2.75) is 0 Å². The molecule has 0 N–H and O–H groups in total. The summed E-state index contributed by atoms with van der Waals surface area (Å²) in [6.45, 7) is 0. The number of nitrogens with zero attached hydrogens (tertiary/aromatic N) is 1. The Balaban J connectivity index is 1.42. The van der Waals surface area contributed by atoms with Crippen LogP contribution in [0.1, 0.15) is 0 Å². The average molecular weight is 578 g/mol. The van der Waals surface area contributed by atoms with Gasteiger partial charge in [-0.15, -0.1) is 0 Å². The average Bonchev–Trinajstić information content (AvgIpc) is 3.69. The highest BCUT2D eigenvalue weighted by Gasteiger charge is 2.26. The second-order valence-corrected chi connectivity index (χ2v) is 11.3. The molecular weight excluding hydrogens is 550 g/mol. The van der Waals surface area contributed by atoms with E-state index >= 15 is 0 Å². The van der Waals surface area contributed by atoms with E-state index in [2.05, 4.69) is 144 Å². The van der Waals surface area contributed by atoms with Crippen LogP contribution in [0.2, 0.25) is 0 Å². The topological polar surface area (TPSA) is 29.5 Å². The molecule has 0 aliphatic rings. The fraction of sp³-hybridized carbons (Fsp3) is 0. The lowest BCUT2D eigenvalue weighted by Crippen LogP contribution is -2.11. The van der Waals surface area contributed by atoms with Gasteiger partial charge in [0, 0.05) is 27.4 Å². The van der Waals surface area contributed by atoms with Crippen molar-refractivity contribution in [1.29, 1.82) is 0 Å². The lowest BCUT2D eigenvalue weighted by atomic mass is 9.95. The summed E-state index contributed by atoms with van der Waals surface area (Å²) in [5.74, 6) is 0. The second-order valence-electron chi connectivity index (χ2n) is 11.3. The van der Waals surface area contributed by atoms with Gasteiger partial charge in [-0.2, -0.15) is 0 Å². The Labute approximate surface area is 260 Å². The van der Waals surface area contributed by atoms with Crippen LogP contribution >= 0.6 is 0 Å². The van der Waals surface area contributed by atoms with E-state index in [1.165, 1.54) is 11.1 Å². The Hall–Kier alpha value is -6.06. The molecule has 0 aliphatic carbocycles. The molecule has 0 spiro atoms. The zero-order chi connectivity index (χ0) is 29.7. The van der Waals surface area contributed by atoms with Gasteiger partial charge in [0.05, 0.1) is 16.8 Å². The van der Waals surface area contributed by atoms with Crippen LogP contribution in [0.25, 0.3) is 66.1 Å². The maximum Gasteiger partial charge on any atom is 0.180 e. The van der Waals surface area contributed by atoms with Crippen molar-refractivity contribution in [3.63, 3.8) is 0 Å². The fourth-order valence-electron chi connectivity index (χ4n) is 6.60. The van der Waals surface area contributed by atoms with Gasteiger partial charge in [0.25, 0.3) is 0 Å². The molecule has 2 heterocycles. The summed E-state index contributed by atoms with van der Waals surface area (Å²) in [6.07, 6.45) is 0. The van der Waals surface area contributed by atoms with Crippen LogP contribution in [0.3, 0.4) is 0 Å². The maximum absolute atomic E-state index is 6.63. The van der Waals surface area contributed by atoms with E-state index in [-0.39, 0.29) is 0 Å². The van der Waals surface area contributed by atoms with E-state index in [9.17, 15) is 0 Å². The third-order valence-corrected chi connectivity index (χ3v) is 8.66. The van der Waals surface area contributed by atoms with Crippen molar-refractivity contribution in [1.82, 2.24) is 0 Å². The summed E-state index contributed by atoms with van der Waals surface area (Å²) in [4.78, 5) is 2.38. The SMILES string of the molecule is c1ccc(-c2ccc(N(c3ccccc3)c3cc4c5ccccc5oc4c4oc5ccccc5c34)c(-c3ccccc3)c2)cc1. The minimum absolute atomic E-state index is 0.753. The number of furan rings is 2. The standard InChI is InChI=1S/C42H27NO2/c1-4-14-28(15-5-1)30-24-25-36(34(26-30)29-16-6-2-7-17-29)43(31-18-8-3-9-19-31)37-27-35-32-20-10-12-22-38(32)44-41(35)42-40(37)33-21-11-13-23-39(33)45-42/h1-27H. The van der Waals surface area contributed by atoms with Gasteiger partial charge in [-0.3, -0.25) is 0 Å². The molecule has 0 aliphatic heterocycles. The highest BCUT2D eigenvalue weighted by Crippen LogP contribution is 2.50. The van der Waals surface area contributed by atoms with Crippen LogP contribution in [-0.4, -0.2) is 0 Å². The molecule has 212 valence electrons. The molecule has 0 saturated heterocycles. The van der Waals surface area contributed by atoms with Crippen LogP contribution < -0.4 is 4.90 Å². The first-order chi connectivity index (χ1) is 22.3. The Morgan fingerprint density at radius 3 is 1.69 bits per heavy atom. The highest BCUT2D eigenvalue weighted by atomic mass is 16.4. The van der Waals surface area contributed by atoms with Crippen molar-refractivity contribution in [2.75, 3.05) is 4.90 Å². The van der Waals surface area contributed by atoms with Crippen LogP contribution in [0, 0.1) is 0 Å². The van der Waals surface area contributed by atoms with Crippen LogP contribution in [-0.2, 0) is 0 Å². The third kappa shape index (κ3) is 4.13. The quantitative estimate of drug-likeness (QED) is 0.204. The van der Waals surface area contributed by atoms with E-state index in [0.29, 0.717) is 0 Å². The highest BCUT2D eigenvalue weighted by molar-refractivity contribution is 6.24. The molecule has 0 fully saturated rings. The van der Waals surface area contributed by atoms with E-state index in [0.717, 1.165) is 72.1 Å². The molecule has 45 heavy (non-hydrogen) atoms. The molecule has 9 aromatic rings. The van der Waals surface area contributed by atoms with E-state index in [1.807, 2.05) is 24.3 Å². The number of anilines is 3. The fourth-order valence-corrected chi connectivity index (χ4v) is 6.60. The Kier molecular flexibility index (Phi) is 5.82. The van der Waals surface area contributed by atoms with Gasteiger partial charge in [-0.1, -0.05) is 121 Å². The van der Waals surface area contributed by atoms with E-state index < -0.39 is 0 Å². The molecule has 3 heteroatoms. The summed E-state index contributed by atoms with van der Waals surface area (Å²) in [5, 5.41) is 4.15. The smallest absolute Gasteiger partial charge is 0.180 e. The van der Waals surface area contributed by atoms with Gasteiger partial charge in [-0.05, 0) is 59.2 Å². The van der Waals surface area contributed by atoms with Gasteiger partial charge >= 0.3 is 0 Å². The van der Waals surface area contributed by atoms with Gasteiger partial charge in [0.15, 0.2) is 11.2 Å². The molecule has 0 atom stereocenters. The Morgan fingerprint density at radius 1 is 0.378 bits per heavy atom. The second kappa shape index (κ2) is 10.3. The molecule has 0 bridgehead atoms. The lowest BCUT2D eigenvalue weighted by molar-refractivity contribution is 0.633. The number of benzene rings is 7. The molecule has 2 aromatic heterocycles. The Morgan fingerprint density at radius 2 is 0.956 bits per heavy atom. The summed E-state index contributed by atoms with van der Waals surface area (Å²) in [7, 11) is 0. The summed E-state index contributed by atoms with van der Waals surface area (Å²) in [5.41, 5.74) is 11.0. The van der Waals surface area contributed by atoms with Gasteiger partial charge in [0.2, 0.25) is 0 Å². The first-order valence-corrected chi connectivity index (χ1v) is 15.2. The number of rotatable bonds is 5. The van der Waals surface area contributed by atoms with Crippen molar-refractivity contribution in [3.05, 3.63) is 164 Å². The largest absolute Gasteiger partial charge is 0.452 e. The normalized spacial score (nSPS) is 11.6. The molecule has 7 aromatic carbocycles. The molecule has 0 saturated carbocycles. The van der Waals surface area contributed by atoms with E-state index in [1.54, 1.807) is 0 Å². The molecule has 9 rings (SSSR count). The minimum atomic E-state index is 0.753. The summed E-state index contributed by atoms with van der Waals surface area (Å²) < 4.78 is 13.1. The zero-order valence-electron chi connectivity index (χ0n) is 24.4. The summed E-state index contributed by atoms with van der Waals surface area (Å²) in [6, 6.07) is 57.4. The third-order valence-electron chi connectivity index (χ3n) is 8.66. The maximum atomic E-state index is 6.63. The van der Waals surface area contributed by atoms with Gasteiger partial charge < -0.3 is 13.7 Å². The number of para-hydroxylation sites is 3. The predicted octanol–water partition coefficient (Wildman–Crippen LogP) is 12.3. The first-order valence-electron chi connectivity index (χ1n) is 15.2. The van der Waals surface area contributed by atoms with Gasteiger partial charge in [-0.25, -0.2) is 0 Å². The molecule has 3 nitrogen and oxygen atoms in total. The molecule has 0 amide bonds. The van der Waals surface area contributed by atoms with Crippen molar-refractivity contribution in [2.24, 2.45) is 0 Å². The molecule has 0 radical (unpaired) electrons. The van der Waals surface area contributed by atoms with Crippen LogP contribution in [0.15, 0.2) is 173 Å². The number of fused-ring (bicyclic) bond motifs is 7. The first kappa shape index (κ1) is 25.4. The zero-order valence-corrected chi connectivity index (χ0v) is 24.4. The Bertz CT molecular complexity index is 2470. The van der Waals surface area contributed by atoms with Crippen molar-refractivity contribution >= 4 is 60.9 Å². The van der Waals surface area contributed by atoms with Crippen molar-refractivity contribution in [3.8, 4) is 22.3 Å². The minimum Gasteiger partial charge on any atom is -0.452 e. The molecular formula is C42H27NO2. The number of hydrogen-bond donors (Lipinski definition) is 0. The van der Waals surface area contributed by atoms with Crippen LogP contribution in [0.4, 0.5) is 17.1 Å². The van der Waals surface area contributed by atoms with Gasteiger partial charge in [0.1, 0.15) is 11.2 Å². The lowest BCUT2D eigenvalue weighted by Gasteiger charge is -2.29. The molecule has 0 unspecified atom stereocenters. The summed E-state index contributed by atoms with van der Waals surface area (Å²) >= 11 is 0. The predicted molar refractivity (Wildman–Crippen MR) is 187 cm³/mol.